The quantitative estimate of drug-likeness (QED) is 0.886. The highest BCUT2D eigenvalue weighted by Gasteiger charge is 2.04. The Bertz CT molecular complexity index is 541. The fourth-order valence-electron chi connectivity index (χ4n) is 1.79. The van der Waals surface area contributed by atoms with Crippen LogP contribution in [0.5, 0.6) is 0 Å². The lowest BCUT2D eigenvalue weighted by Gasteiger charge is -2.07. The lowest BCUT2D eigenvalue weighted by atomic mass is 10.2. The maximum absolute atomic E-state index is 13.0. The van der Waals surface area contributed by atoms with Gasteiger partial charge in [-0.2, -0.15) is 5.10 Å². The second-order valence-electron chi connectivity index (χ2n) is 4.25. The van der Waals surface area contributed by atoms with Gasteiger partial charge in [-0.05, 0) is 24.1 Å². The van der Waals surface area contributed by atoms with Crippen LogP contribution in [0.3, 0.4) is 0 Å². The molecule has 0 aliphatic heterocycles. The van der Waals surface area contributed by atoms with Gasteiger partial charge in [0.2, 0.25) is 0 Å². The minimum absolute atomic E-state index is 0.147. The summed E-state index contributed by atoms with van der Waals surface area (Å²) in [4.78, 5) is 4.20. The SMILES string of the molecule is CCCn1ncnc1CNCc1ccc(F)c(Cl)c1. The molecule has 19 heavy (non-hydrogen) atoms. The fourth-order valence-corrected chi connectivity index (χ4v) is 1.99. The van der Waals surface area contributed by atoms with Gasteiger partial charge in [0.15, 0.2) is 0 Å². The van der Waals surface area contributed by atoms with E-state index in [0.29, 0.717) is 13.1 Å². The highest BCUT2D eigenvalue weighted by atomic mass is 35.5. The maximum Gasteiger partial charge on any atom is 0.141 e. The molecule has 0 spiro atoms. The molecule has 0 radical (unpaired) electrons. The molecule has 2 aromatic rings. The molecular formula is C13H16ClFN4. The van der Waals surface area contributed by atoms with E-state index in [0.717, 1.165) is 24.4 Å². The minimum atomic E-state index is -0.395. The Hall–Kier alpha value is -1.46. The molecule has 102 valence electrons. The highest BCUT2D eigenvalue weighted by Crippen LogP contribution is 2.15. The van der Waals surface area contributed by atoms with Crippen LogP contribution in [-0.2, 0) is 19.6 Å². The first-order chi connectivity index (χ1) is 9.20. The van der Waals surface area contributed by atoms with E-state index < -0.39 is 5.82 Å². The van der Waals surface area contributed by atoms with Crippen molar-refractivity contribution < 1.29 is 4.39 Å². The lowest BCUT2D eigenvalue weighted by Crippen LogP contribution is -2.17. The van der Waals surface area contributed by atoms with Gasteiger partial charge in [-0.25, -0.2) is 14.1 Å². The third-order valence-electron chi connectivity index (χ3n) is 2.73. The number of hydrogen-bond donors (Lipinski definition) is 1. The number of rotatable bonds is 6. The van der Waals surface area contributed by atoms with Gasteiger partial charge >= 0.3 is 0 Å². The standard InChI is InChI=1S/C13H16ClFN4/c1-2-5-19-13(17-9-18-19)8-16-7-10-3-4-12(15)11(14)6-10/h3-4,6,9,16H,2,5,7-8H2,1H3. The smallest absolute Gasteiger partial charge is 0.141 e. The fraction of sp³-hybridized carbons (Fsp3) is 0.385. The Morgan fingerprint density at radius 2 is 2.21 bits per heavy atom. The molecule has 0 fully saturated rings. The van der Waals surface area contributed by atoms with Crippen molar-refractivity contribution >= 4 is 11.6 Å². The van der Waals surface area contributed by atoms with Gasteiger partial charge in [0.1, 0.15) is 18.0 Å². The lowest BCUT2D eigenvalue weighted by molar-refractivity contribution is 0.542. The number of aryl methyl sites for hydroxylation is 1. The van der Waals surface area contributed by atoms with Gasteiger partial charge < -0.3 is 5.32 Å². The summed E-state index contributed by atoms with van der Waals surface area (Å²) in [6, 6.07) is 4.71. The molecule has 1 aromatic carbocycles. The van der Waals surface area contributed by atoms with Gasteiger partial charge in [0.25, 0.3) is 0 Å². The Morgan fingerprint density at radius 3 is 2.95 bits per heavy atom. The van der Waals surface area contributed by atoms with Crippen LogP contribution in [0.25, 0.3) is 0 Å². The van der Waals surface area contributed by atoms with Gasteiger partial charge in [-0.1, -0.05) is 24.6 Å². The molecule has 0 amide bonds. The first kappa shape index (κ1) is 14.0. The molecule has 0 unspecified atom stereocenters. The molecule has 0 saturated carbocycles. The average molecular weight is 283 g/mol. The van der Waals surface area contributed by atoms with Crippen LogP contribution in [0.1, 0.15) is 24.7 Å². The van der Waals surface area contributed by atoms with Crippen molar-refractivity contribution in [3.05, 3.63) is 46.8 Å². The molecule has 0 bridgehead atoms. The Labute approximate surface area is 116 Å². The molecule has 0 aliphatic carbocycles. The van der Waals surface area contributed by atoms with Crippen LogP contribution < -0.4 is 5.32 Å². The summed E-state index contributed by atoms with van der Waals surface area (Å²) in [7, 11) is 0. The van der Waals surface area contributed by atoms with Crippen LogP contribution in [0, 0.1) is 5.82 Å². The van der Waals surface area contributed by atoms with Gasteiger partial charge in [-0.3, -0.25) is 0 Å². The zero-order valence-electron chi connectivity index (χ0n) is 10.7. The van der Waals surface area contributed by atoms with Crippen molar-refractivity contribution in [2.24, 2.45) is 0 Å². The summed E-state index contributed by atoms with van der Waals surface area (Å²) in [5, 5.41) is 7.54. The number of benzene rings is 1. The van der Waals surface area contributed by atoms with Crippen molar-refractivity contribution in [3.8, 4) is 0 Å². The monoisotopic (exact) mass is 282 g/mol. The van der Waals surface area contributed by atoms with Crippen LogP contribution >= 0.6 is 11.6 Å². The summed E-state index contributed by atoms with van der Waals surface area (Å²) >= 11 is 5.73. The van der Waals surface area contributed by atoms with E-state index in [4.69, 9.17) is 11.6 Å². The van der Waals surface area contributed by atoms with E-state index >= 15 is 0 Å². The number of halogens is 2. The second-order valence-corrected chi connectivity index (χ2v) is 4.66. The molecule has 0 aliphatic rings. The predicted molar refractivity (Wildman–Crippen MR) is 72.3 cm³/mol. The number of nitrogens with one attached hydrogen (secondary N) is 1. The zero-order chi connectivity index (χ0) is 13.7. The predicted octanol–water partition coefficient (Wildman–Crippen LogP) is 2.77. The van der Waals surface area contributed by atoms with Crippen LogP contribution in [0.2, 0.25) is 5.02 Å². The maximum atomic E-state index is 13.0. The van der Waals surface area contributed by atoms with Gasteiger partial charge in [0.05, 0.1) is 11.6 Å². The third-order valence-corrected chi connectivity index (χ3v) is 3.02. The Balaban J connectivity index is 1.89. The van der Waals surface area contributed by atoms with E-state index in [1.54, 1.807) is 18.5 Å². The van der Waals surface area contributed by atoms with Crippen molar-refractivity contribution in [3.63, 3.8) is 0 Å². The number of aromatic nitrogens is 3. The van der Waals surface area contributed by atoms with Gasteiger partial charge in [-0.15, -0.1) is 0 Å². The van der Waals surface area contributed by atoms with E-state index in [2.05, 4.69) is 22.3 Å². The Morgan fingerprint density at radius 1 is 1.37 bits per heavy atom. The summed E-state index contributed by atoms with van der Waals surface area (Å²) in [6.45, 7) is 4.19. The molecule has 1 N–H and O–H groups in total. The summed E-state index contributed by atoms with van der Waals surface area (Å²) in [5.41, 5.74) is 0.938. The van der Waals surface area contributed by atoms with Crippen molar-refractivity contribution in [1.29, 1.82) is 0 Å². The van der Waals surface area contributed by atoms with Crippen molar-refractivity contribution in [2.45, 2.75) is 33.0 Å². The van der Waals surface area contributed by atoms with Crippen LogP contribution in [0.4, 0.5) is 4.39 Å². The normalized spacial score (nSPS) is 10.9. The molecule has 6 heteroatoms. The highest BCUT2D eigenvalue weighted by molar-refractivity contribution is 6.30. The van der Waals surface area contributed by atoms with E-state index in [-0.39, 0.29) is 5.02 Å². The molecule has 1 heterocycles. The van der Waals surface area contributed by atoms with Crippen LogP contribution in [0.15, 0.2) is 24.5 Å². The topological polar surface area (TPSA) is 42.7 Å². The van der Waals surface area contributed by atoms with Gasteiger partial charge in [0, 0.05) is 13.1 Å². The van der Waals surface area contributed by atoms with Crippen molar-refractivity contribution in [2.75, 3.05) is 0 Å². The average Bonchev–Trinajstić information content (AvgIpc) is 2.82. The summed E-state index contributed by atoms with van der Waals surface area (Å²) in [5.74, 6) is 0.503. The van der Waals surface area contributed by atoms with E-state index in [1.807, 2.05) is 4.68 Å². The van der Waals surface area contributed by atoms with Crippen molar-refractivity contribution in [1.82, 2.24) is 20.1 Å². The van der Waals surface area contributed by atoms with E-state index in [1.165, 1.54) is 6.07 Å². The molecular weight excluding hydrogens is 267 g/mol. The number of nitrogens with zero attached hydrogens (tertiary/aromatic N) is 3. The summed E-state index contributed by atoms with van der Waals surface area (Å²) < 4.78 is 14.9. The first-order valence-corrected chi connectivity index (χ1v) is 6.60. The zero-order valence-corrected chi connectivity index (χ0v) is 11.5. The molecule has 4 nitrogen and oxygen atoms in total. The second kappa shape index (κ2) is 6.63. The van der Waals surface area contributed by atoms with E-state index in [9.17, 15) is 4.39 Å². The molecule has 0 saturated heterocycles. The summed E-state index contributed by atoms with van der Waals surface area (Å²) in [6.07, 6.45) is 2.57. The first-order valence-electron chi connectivity index (χ1n) is 6.22. The molecule has 0 atom stereocenters. The Kier molecular flexibility index (Phi) is 4.87. The molecule has 2 rings (SSSR count). The number of hydrogen-bond acceptors (Lipinski definition) is 3. The third kappa shape index (κ3) is 3.75. The minimum Gasteiger partial charge on any atom is -0.306 e. The molecule has 1 aromatic heterocycles. The largest absolute Gasteiger partial charge is 0.306 e. The van der Waals surface area contributed by atoms with Crippen LogP contribution in [-0.4, -0.2) is 14.8 Å².